The van der Waals surface area contributed by atoms with E-state index in [9.17, 15) is 0 Å². The van der Waals surface area contributed by atoms with Crippen LogP contribution in [0.5, 0.6) is 11.5 Å². The van der Waals surface area contributed by atoms with Crippen molar-refractivity contribution in [1.29, 1.82) is 0 Å². The van der Waals surface area contributed by atoms with Gasteiger partial charge in [-0.3, -0.25) is 0 Å². The highest BCUT2D eigenvalue weighted by Gasteiger charge is 2.15. The van der Waals surface area contributed by atoms with Gasteiger partial charge >= 0.3 is 0 Å². The van der Waals surface area contributed by atoms with Crippen LogP contribution < -0.4 is 20.1 Å². The van der Waals surface area contributed by atoms with Crippen molar-refractivity contribution in [3.8, 4) is 11.5 Å². The SMILES string of the molecule is CC[C@H](C)c1ccc([C@@H](CC)NC(=S)Nc2ccc3c(c2)OCO3)cc1. The van der Waals surface area contributed by atoms with Gasteiger partial charge in [0.15, 0.2) is 16.6 Å². The van der Waals surface area contributed by atoms with Crippen molar-refractivity contribution in [2.75, 3.05) is 12.1 Å². The van der Waals surface area contributed by atoms with Crippen LogP contribution in [0.4, 0.5) is 5.69 Å². The molecule has 1 aliphatic heterocycles. The molecule has 0 aromatic heterocycles. The maximum absolute atomic E-state index is 5.50. The number of fused-ring (bicyclic) bond motifs is 1. The van der Waals surface area contributed by atoms with Crippen molar-refractivity contribution in [1.82, 2.24) is 5.32 Å². The van der Waals surface area contributed by atoms with Crippen molar-refractivity contribution in [2.24, 2.45) is 0 Å². The molecule has 0 bridgehead atoms. The molecule has 4 nitrogen and oxygen atoms in total. The third-order valence-corrected chi connectivity index (χ3v) is 5.08. The Labute approximate surface area is 160 Å². The highest BCUT2D eigenvalue weighted by molar-refractivity contribution is 7.80. The lowest BCUT2D eigenvalue weighted by Gasteiger charge is -2.21. The topological polar surface area (TPSA) is 42.5 Å². The number of ether oxygens (including phenoxy) is 2. The fourth-order valence-corrected chi connectivity index (χ4v) is 3.27. The van der Waals surface area contributed by atoms with Crippen LogP contribution in [0.1, 0.15) is 56.7 Å². The average Bonchev–Trinajstić information content (AvgIpc) is 3.13. The largest absolute Gasteiger partial charge is 0.454 e. The smallest absolute Gasteiger partial charge is 0.231 e. The van der Waals surface area contributed by atoms with E-state index in [0.717, 1.165) is 30.0 Å². The normalized spacial score (nSPS) is 14.6. The van der Waals surface area contributed by atoms with Gasteiger partial charge in [0.25, 0.3) is 0 Å². The molecule has 2 atom stereocenters. The van der Waals surface area contributed by atoms with E-state index in [0.29, 0.717) is 11.0 Å². The fourth-order valence-electron chi connectivity index (χ4n) is 3.01. The molecule has 5 heteroatoms. The van der Waals surface area contributed by atoms with Crippen LogP contribution in [-0.2, 0) is 0 Å². The molecule has 26 heavy (non-hydrogen) atoms. The lowest BCUT2D eigenvalue weighted by Crippen LogP contribution is -2.32. The molecule has 0 amide bonds. The zero-order chi connectivity index (χ0) is 18.5. The summed E-state index contributed by atoms with van der Waals surface area (Å²) < 4.78 is 10.7. The summed E-state index contributed by atoms with van der Waals surface area (Å²) in [4.78, 5) is 0. The first-order chi connectivity index (χ1) is 12.6. The first-order valence-corrected chi connectivity index (χ1v) is 9.58. The molecule has 0 fully saturated rings. The van der Waals surface area contributed by atoms with E-state index in [2.05, 4.69) is 55.7 Å². The number of hydrogen-bond donors (Lipinski definition) is 2. The molecule has 0 spiro atoms. The van der Waals surface area contributed by atoms with E-state index in [1.165, 1.54) is 11.1 Å². The number of thiocarbonyl (C=S) groups is 1. The van der Waals surface area contributed by atoms with Gasteiger partial charge in [0.1, 0.15) is 0 Å². The molecule has 0 aliphatic carbocycles. The Balaban J connectivity index is 1.63. The van der Waals surface area contributed by atoms with Gasteiger partial charge in [-0.2, -0.15) is 0 Å². The molecule has 2 aromatic carbocycles. The van der Waals surface area contributed by atoms with Gasteiger partial charge in [-0.15, -0.1) is 0 Å². The second-order valence-corrected chi connectivity index (χ2v) is 7.01. The molecule has 1 heterocycles. The highest BCUT2D eigenvalue weighted by atomic mass is 32.1. The van der Waals surface area contributed by atoms with Crippen LogP contribution in [0.15, 0.2) is 42.5 Å². The van der Waals surface area contributed by atoms with Crippen LogP contribution in [-0.4, -0.2) is 11.9 Å². The van der Waals surface area contributed by atoms with Crippen molar-refractivity contribution in [2.45, 2.75) is 45.6 Å². The van der Waals surface area contributed by atoms with Gasteiger partial charge in [0.2, 0.25) is 6.79 Å². The molecule has 0 saturated carbocycles. The van der Waals surface area contributed by atoms with Crippen LogP contribution in [0, 0.1) is 0 Å². The van der Waals surface area contributed by atoms with Gasteiger partial charge in [-0.25, -0.2) is 0 Å². The van der Waals surface area contributed by atoms with Gasteiger partial charge < -0.3 is 20.1 Å². The van der Waals surface area contributed by atoms with Crippen molar-refractivity contribution < 1.29 is 9.47 Å². The number of nitrogens with one attached hydrogen (secondary N) is 2. The lowest BCUT2D eigenvalue weighted by molar-refractivity contribution is 0.174. The minimum atomic E-state index is 0.176. The van der Waals surface area contributed by atoms with E-state index >= 15 is 0 Å². The van der Waals surface area contributed by atoms with Crippen LogP contribution in [0.25, 0.3) is 0 Å². The van der Waals surface area contributed by atoms with Crippen molar-refractivity contribution in [3.63, 3.8) is 0 Å². The van der Waals surface area contributed by atoms with E-state index in [1.807, 2.05) is 18.2 Å². The Morgan fingerprint density at radius 1 is 1.00 bits per heavy atom. The maximum atomic E-state index is 5.50. The number of hydrogen-bond acceptors (Lipinski definition) is 3. The Hall–Kier alpha value is -2.27. The van der Waals surface area contributed by atoms with Crippen LogP contribution in [0.2, 0.25) is 0 Å². The summed E-state index contributed by atoms with van der Waals surface area (Å²) in [6, 6.07) is 14.7. The van der Waals surface area contributed by atoms with Crippen LogP contribution in [0.3, 0.4) is 0 Å². The quantitative estimate of drug-likeness (QED) is 0.670. The number of benzene rings is 2. The second-order valence-electron chi connectivity index (χ2n) is 6.60. The molecular formula is C21H26N2O2S. The first-order valence-electron chi connectivity index (χ1n) is 9.17. The second kappa shape index (κ2) is 8.41. The molecule has 0 saturated heterocycles. The molecule has 2 aromatic rings. The molecule has 2 N–H and O–H groups in total. The summed E-state index contributed by atoms with van der Waals surface area (Å²) in [7, 11) is 0. The summed E-state index contributed by atoms with van der Waals surface area (Å²) in [5.74, 6) is 2.10. The highest BCUT2D eigenvalue weighted by Crippen LogP contribution is 2.34. The summed E-state index contributed by atoms with van der Waals surface area (Å²) >= 11 is 5.50. The van der Waals surface area contributed by atoms with E-state index in [-0.39, 0.29) is 12.8 Å². The summed E-state index contributed by atoms with van der Waals surface area (Å²) in [5, 5.41) is 7.24. The molecule has 0 radical (unpaired) electrons. The number of anilines is 1. The lowest BCUT2D eigenvalue weighted by atomic mass is 9.95. The van der Waals surface area contributed by atoms with Gasteiger partial charge in [0.05, 0.1) is 6.04 Å². The van der Waals surface area contributed by atoms with E-state index < -0.39 is 0 Å². The monoisotopic (exact) mass is 370 g/mol. The summed E-state index contributed by atoms with van der Waals surface area (Å²) in [6.07, 6.45) is 2.10. The fraction of sp³-hybridized carbons (Fsp3) is 0.381. The van der Waals surface area contributed by atoms with Crippen molar-refractivity contribution in [3.05, 3.63) is 53.6 Å². The van der Waals surface area contributed by atoms with Crippen molar-refractivity contribution >= 4 is 23.0 Å². The summed E-state index contributed by atoms with van der Waals surface area (Å²) in [5.41, 5.74) is 3.51. The third kappa shape index (κ3) is 4.28. The number of rotatable bonds is 6. The Bertz CT molecular complexity index is 761. The minimum Gasteiger partial charge on any atom is -0.454 e. The maximum Gasteiger partial charge on any atom is 0.231 e. The molecule has 3 rings (SSSR count). The summed E-state index contributed by atoms with van der Waals surface area (Å²) in [6.45, 7) is 6.90. The Kier molecular flexibility index (Phi) is 5.99. The molecule has 138 valence electrons. The van der Waals surface area contributed by atoms with Gasteiger partial charge in [-0.1, -0.05) is 45.0 Å². The third-order valence-electron chi connectivity index (χ3n) is 4.86. The van der Waals surface area contributed by atoms with Gasteiger partial charge in [0, 0.05) is 11.8 Å². The van der Waals surface area contributed by atoms with Crippen LogP contribution >= 0.6 is 12.2 Å². The molecular weight excluding hydrogens is 344 g/mol. The predicted molar refractivity (Wildman–Crippen MR) is 110 cm³/mol. The molecule has 1 aliphatic rings. The zero-order valence-electron chi connectivity index (χ0n) is 15.5. The van der Waals surface area contributed by atoms with E-state index in [4.69, 9.17) is 21.7 Å². The Morgan fingerprint density at radius 3 is 2.38 bits per heavy atom. The zero-order valence-corrected chi connectivity index (χ0v) is 16.4. The Morgan fingerprint density at radius 2 is 1.69 bits per heavy atom. The van der Waals surface area contributed by atoms with E-state index in [1.54, 1.807) is 0 Å². The predicted octanol–water partition coefficient (Wildman–Crippen LogP) is 5.37. The first kappa shape index (κ1) is 18.5. The van der Waals surface area contributed by atoms with Gasteiger partial charge in [-0.05, 0) is 54.2 Å². The standard InChI is InChI=1S/C21H26N2O2S/c1-4-14(3)15-6-8-16(9-7-15)18(5-2)23-21(26)22-17-10-11-19-20(12-17)25-13-24-19/h6-12,14,18H,4-5,13H2,1-3H3,(H2,22,23,26)/t14-,18+/m0/s1. The minimum absolute atomic E-state index is 0.176. The molecule has 0 unspecified atom stereocenters. The average molecular weight is 371 g/mol.